The Labute approximate surface area is 113 Å². The molecular formula is C15H18FN3. The van der Waals surface area contributed by atoms with Gasteiger partial charge < -0.3 is 10.2 Å². The number of nitrogens with zero attached hydrogens (tertiary/aromatic N) is 2. The van der Waals surface area contributed by atoms with Crippen molar-refractivity contribution in [2.75, 3.05) is 24.3 Å². The third-order valence-corrected chi connectivity index (χ3v) is 2.95. The summed E-state index contributed by atoms with van der Waals surface area (Å²) in [6, 6.07) is 10.5. The molecule has 0 amide bonds. The molecule has 2 rings (SSSR count). The molecule has 0 aliphatic carbocycles. The molecule has 0 spiro atoms. The van der Waals surface area contributed by atoms with E-state index in [1.165, 1.54) is 6.07 Å². The van der Waals surface area contributed by atoms with Gasteiger partial charge in [-0.1, -0.05) is 18.2 Å². The molecule has 3 nitrogen and oxygen atoms in total. The number of hydrogen-bond acceptors (Lipinski definition) is 3. The number of nitrogens with one attached hydrogen (secondary N) is 1. The van der Waals surface area contributed by atoms with Crippen LogP contribution in [0.1, 0.15) is 18.5 Å². The molecular weight excluding hydrogens is 241 g/mol. The Balaban J connectivity index is 2.24. The lowest BCUT2D eigenvalue weighted by molar-refractivity contribution is 0.600. The van der Waals surface area contributed by atoms with E-state index in [1.807, 2.05) is 44.1 Å². The van der Waals surface area contributed by atoms with Crippen molar-refractivity contribution in [1.29, 1.82) is 0 Å². The first-order chi connectivity index (χ1) is 9.09. The van der Waals surface area contributed by atoms with Crippen LogP contribution >= 0.6 is 0 Å². The van der Waals surface area contributed by atoms with Gasteiger partial charge in [0.1, 0.15) is 5.82 Å². The highest BCUT2D eigenvalue weighted by Crippen LogP contribution is 2.26. The average molecular weight is 259 g/mol. The van der Waals surface area contributed by atoms with Crippen molar-refractivity contribution in [3.05, 3.63) is 54.0 Å². The van der Waals surface area contributed by atoms with Crippen LogP contribution in [0.15, 0.2) is 42.6 Å². The van der Waals surface area contributed by atoms with Crippen LogP contribution in [0.3, 0.4) is 0 Å². The first kappa shape index (κ1) is 13.3. The molecule has 0 bridgehead atoms. The molecule has 1 N–H and O–H groups in total. The van der Waals surface area contributed by atoms with Crippen LogP contribution < -0.4 is 10.2 Å². The normalized spacial score (nSPS) is 12.0. The quantitative estimate of drug-likeness (QED) is 0.911. The summed E-state index contributed by atoms with van der Waals surface area (Å²) in [6.07, 6.45) is 1.74. The topological polar surface area (TPSA) is 28.2 Å². The third kappa shape index (κ3) is 3.02. The zero-order valence-electron chi connectivity index (χ0n) is 11.4. The maximum Gasteiger partial charge on any atom is 0.151 e. The minimum Gasteiger partial charge on any atom is -0.375 e. The van der Waals surface area contributed by atoms with Crippen LogP contribution in [0.25, 0.3) is 0 Å². The van der Waals surface area contributed by atoms with E-state index in [-0.39, 0.29) is 11.9 Å². The predicted molar refractivity (Wildman–Crippen MR) is 77.0 cm³/mol. The molecule has 0 aliphatic rings. The minimum absolute atomic E-state index is 0.121. The van der Waals surface area contributed by atoms with E-state index in [0.29, 0.717) is 5.56 Å². The summed E-state index contributed by atoms with van der Waals surface area (Å²) in [5.74, 6) is 0.642. The molecule has 100 valence electrons. The second-order valence-electron chi connectivity index (χ2n) is 4.66. The molecule has 19 heavy (non-hydrogen) atoms. The Morgan fingerprint density at radius 1 is 1.16 bits per heavy atom. The van der Waals surface area contributed by atoms with Gasteiger partial charge in [0.25, 0.3) is 0 Å². The summed E-state index contributed by atoms with van der Waals surface area (Å²) in [4.78, 5) is 6.24. The molecule has 1 heterocycles. The fraction of sp³-hybridized carbons (Fsp3) is 0.267. The number of benzene rings is 1. The molecule has 1 atom stereocenters. The van der Waals surface area contributed by atoms with Gasteiger partial charge in [-0.15, -0.1) is 0 Å². The first-order valence-electron chi connectivity index (χ1n) is 6.23. The first-order valence-corrected chi connectivity index (χ1v) is 6.23. The van der Waals surface area contributed by atoms with Gasteiger partial charge in [0.2, 0.25) is 0 Å². The van der Waals surface area contributed by atoms with Crippen LogP contribution in [0.5, 0.6) is 0 Å². The Bertz CT molecular complexity index is 555. The van der Waals surface area contributed by atoms with Gasteiger partial charge in [0, 0.05) is 25.9 Å². The second-order valence-corrected chi connectivity index (χ2v) is 4.66. The van der Waals surface area contributed by atoms with Crippen molar-refractivity contribution in [3.63, 3.8) is 0 Å². The van der Waals surface area contributed by atoms with Crippen molar-refractivity contribution >= 4 is 11.5 Å². The number of pyridine rings is 1. The largest absolute Gasteiger partial charge is 0.375 e. The van der Waals surface area contributed by atoms with E-state index in [9.17, 15) is 4.39 Å². The van der Waals surface area contributed by atoms with Crippen LogP contribution in [-0.2, 0) is 0 Å². The van der Waals surface area contributed by atoms with Crippen molar-refractivity contribution in [1.82, 2.24) is 4.98 Å². The third-order valence-electron chi connectivity index (χ3n) is 2.95. The highest BCUT2D eigenvalue weighted by atomic mass is 19.1. The zero-order chi connectivity index (χ0) is 13.8. The summed E-state index contributed by atoms with van der Waals surface area (Å²) in [5.41, 5.74) is 1.54. The summed E-state index contributed by atoms with van der Waals surface area (Å²) in [6.45, 7) is 1.94. The van der Waals surface area contributed by atoms with Gasteiger partial charge in [-0.05, 0) is 25.1 Å². The Hall–Kier alpha value is -2.10. The van der Waals surface area contributed by atoms with Crippen molar-refractivity contribution in [2.45, 2.75) is 13.0 Å². The highest BCUT2D eigenvalue weighted by molar-refractivity contribution is 5.65. The number of aromatic nitrogens is 1. The number of halogens is 1. The second kappa shape index (κ2) is 5.69. The Morgan fingerprint density at radius 2 is 1.89 bits per heavy atom. The summed E-state index contributed by atoms with van der Waals surface area (Å²) < 4.78 is 13.7. The molecule has 1 unspecified atom stereocenters. The lowest BCUT2D eigenvalue weighted by Gasteiger charge is -2.21. The van der Waals surface area contributed by atoms with E-state index < -0.39 is 0 Å². The highest BCUT2D eigenvalue weighted by Gasteiger charge is 2.12. The van der Waals surface area contributed by atoms with E-state index >= 15 is 0 Å². The van der Waals surface area contributed by atoms with Gasteiger partial charge in [0.15, 0.2) is 5.82 Å². The smallest absolute Gasteiger partial charge is 0.151 e. The van der Waals surface area contributed by atoms with E-state index in [0.717, 1.165) is 11.5 Å². The molecule has 0 fully saturated rings. The maximum absolute atomic E-state index is 13.7. The molecule has 0 radical (unpaired) electrons. The number of anilines is 2. The maximum atomic E-state index is 13.7. The van der Waals surface area contributed by atoms with E-state index in [2.05, 4.69) is 10.3 Å². The van der Waals surface area contributed by atoms with Crippen molar-refractivity contribution < 1.29 is 4.39 Å². The SMILES string of the molecule is CC(Nc1cccnc1N(C)C)c1ccccc1F. The fourth-order valence-electron chi connectivity index (χ4n) is 2.00. The lowest BCUT2D eigenvalue weighted by atomic mass is 10.1. The van der Waals surface area contributed by atoms with Crippen molar-refractivity contribution in [3.8, 4) is 0 Å². The number of hydrogen-bond donors (Lipinski definition) is 1. The molecule has 0 aliphatic heterocycles. The molecule has 1 aromatic heterocycles. The van der Waals surface area contributed by atoms with Crippen molar-refractivity contribution in [2.24, 2.45) is 0 Å². The van der Waals surface area contributed by atoms with Crippen LogP contribution in [0, 0.1) is 5.82 Å². The van der Waals surface area contributed by atoms with Gasteiger partial charge >= 0.3 is 0 Å². The van der Waals surface area contributed by atoms with E-state index in [1.54, 1.807) is 18.3 Å². The van der Waals surface area contributed by atoms with Gasteiger partial charge in [-0.2, -0.15) is 0 Å². The molecule has 4 heteroatoms. The fourth-order valence-corrected chi connectivity index (χ4v) is 2.00. The lowest BCUT2D eigenvalue weighted by Crippen LogP contribution is -2.16. The van der Waals surface area contributed by atoms with E-state index in [4.69, 9.17) is 0 Å². The molecule has 2 aromatic rings. The van der Waals surface area contributed by atoms with Crippen LogP contribution in [-0.4, -0.2) is 19.1 Å². The van der Waals surface area contributed by atoms with Crippen LogP contribution in [0.2, 0.25) is 0 Å². The summed E-state index contributed by atoms with van der Waals surface area (Å²) >= 11 is 0. The van der Waals surface area contributed by atoms with Crippen LogP contribution in [0.4, 0.5) is 15.9 Å². The Kier molecular flexibility index (Phi) is 4.00. The zero-order valence-corrected chi connectivity index (χ0v) is 11.4. The monoisotopic (exact) mass is 259 g/mol. The van der Waals surface area contributed by atoms with Gasteiger partial charge in [0.05, 0.1) is 11.7 Å². The minimum atomic E-state index is -0.196. The average Bonchev–Trinajstić information content (AvgIpc) is 2.39. The standard InChI is InChI=1S/C15H18FN3/c1-11(12-7-4-5-8-13(12)16)18-14-9-6-10-17-15(14)19(2)3/h4-11,18H,1-3H3. The number of rotatable bonds is 4. The molecule has 0 saturated carbocycles. The predicted octanol–water partition coefficient (Wildman–Crippen LogP) is 3.46. The molecule has 1 aromatic carbocycles. The van der Waals surface area contributed by atoms with Gasteiger partial charge in [-0.3, -0.25) is 0 Å². The summed E-state index contributed by atoms with van der Waals surface area (Å²) in [5, 5.41) is 3.30. The van der Waals surface area contributed by atoms with Gasteiger partial charge in [-0.25, -0.2) is 9.37 Å². The Morgan fingerprint density at radius 3 is 2.58 bits per heavy atom. The summed E-state index contributed by atoms with van der Waals surface area (Å²) in [7, 11) is 3.86. The molecule has 0 saturated heterocycles.